The molecule has 0 atom stereocenters. The lowest BCUT2D eigenvalue weighted by Gasteiger charge is -2.25. The summed E-state index contributed by atoms with van der Waals surface area (Å²) in [7, 11) is 3.28. The van der Waals surface area contributed by atoms with E-state index in [0.717, 1.165) is 11.3 Å². The molecule has 2 aromatic rings. The average Bonchev–Trinajstić information content (AvgIpc) is 2.94. The van der Waals surface area contributed by atoms with Crippen LogP contribution in [0, 0.1) is 11.8 Å². The van der Waals surface area contributed by atoms with Crippen LogP contribution < -0.4 is 4.90 Å². The molecule has 0 bridgehead atoms. The van der Waals surface area contributed by atoms with Gasteiger partial charge in [0.25, 0.3) is 0 Å². The van der Waals surface area contributed by atoms with Crippen LogP contribution in [-0.4, -0.2) is 109 Å². The van der Waals surface area contributed by atoms with E-state index in [0.29, 0.717) is 84.7 Å². The Hall–Kier alpha value is -3.04. The molecule has 1 aromatic carbocycles. The molecule has 1 heterocycles. The summed E-state index contributed by atoms with van der Waals surface area (Å²) in [5.74, 6) is 4.98. The van der Waals surface area contributed by atoms with Crippen LogP contribution in [0.15, 0.2) is 42.6 Å². The zero-order valence-corrected chi connectivity index (χ0v) is 22.2. The monoisotopic (exact) mass is 530 g/mol. The van der Waals surface area contributed by atoms with E-state index in [1.807, 2.05) is 24.3 Å². The number of carbonyl (C=O) groups is 1. The number of benzene rings is 1. The van der Waals surface area contributed by atoms with Gasteiger partial charge in [-0.15, -0.1) is 0 Å². The lowest BCUT2D eigenvalue weighted by molar-refractivity contribution is 0.0235. The molecule has 0 saturated carbocycles. The highest BCUT2D eigenvalue weighted by Crippen LogP contribution is 2.15. The molecule has 0 amide bonds. The van der Waals surface area contributed by atoms with Crippen LogP contribution >= 0.6 is 0 Å². The first-order valence-electron chi connectivity index (χ1n) is 12.5. The van der Waals surface area contributed by atoms with Crippen molar-refractivity contribution in [2.45, 2.75) is 0 Å². The Morgan fingerprint density at radius 2 is 1.24 bits per heavy atom. The molecule has 10 heteroatoms. The Kier molecular flexibility index (Phi) is 16.4. The first-order chi connectivity index (χ1) is 18.6. The molecule has 208 valence electrons. The van der Waals surface area contributed by atoms with Gasteiger partial charge in [-0.05, 0) is 36.4 Å². The number of hydrogen-bond donors (Lipinski definition) is 1. The summed E-state index contributed by atoms with van der Waals surface area (Å²) >= 11 is 0. The smallest absolute Gasteiger partial charge is 0.354 e. The number of rotatable bonds is 20. The first kappa shape index (κ1) is 31.2. The van der Waals surface area contributed by atoms with E-state index >= 15 is 0 Å². The number of aromatic carboxylic acids is 1. The number of methoxy groups -OCH3 is 2. The third-order valence-electron chi connectivity index (χ3n) is 5.18. The van der Waals surface area contributed by atoms with Crippen LogP contribution in [0.5, 0.6) is 0 Å². The Morgan fingerprint density at radius 3 is 1.76 bits per heavy atom. The van der Waals surface area contributed by atoms with Gasteiger partial charge < -0.3 is 38.4 Å². The maximum Gasteiger partial charge on any atom is 0.354 e. The van der Waals surface area contributed by atoms with Gasteiger partial charge in [0.1, 0.15) is 5.69 Å². The van der Waals surface area contributed by atoms with Crippen molar-refractivity contribution in [3.63, 3.8) is 0 Å². The molecule has 0 aliphatic rings. The molecular formula is C28H38N2O8. The van der Waals surface area contributed by atoms with Gasteiger partial charge in [0.2, 0.25) is 0 Å². The predicted molar refractivity (Wildman–Crippen MR) is 143 cm³/mol. The van der Waals surface area contributed by atoms with Crippen LogP contribution in [0.4, 0.5) is 5.69 Å². The lowest BCUT2D eigenvalue weighted by atomic mass is 10.1. The zero-order valence-electron chi connectivity index (χ0n) is 22.2. The van der Waals surface area contributed by atoms with Gasteiger partial charge in [0.15, 0.2) is 0 Å². The Balaban J connectivity index is 1.89. The summed E-state index contributed by atoms with van der Waals surface area (Å²) < 4.78 is 32.3. The lowest BCUT2D eigenvalue weighted by Crippen LogP contribution is -2.31. The quantitative estimate of drug-likeness (QED) is 0.202. The van der Waals surface area contributed by atoms with Crippen molar-refractivity contribution < 1.29 is 38.3 Å². The number of anilines is 1. The summed E-state index contributed by atoms with van der Waals surface area (Å²) in [6.07, 6.45) is 1.44. The SMILES string of the molecule is COCCOCCOCCN(CCOCCOCCOC)c1ccc(C#Cc2ccnc(C(=O)O)c2)cc1. The van der Waals surface area contributed by atoms with Gasteiger partial charge >= 0.3 is 5.97 Å². The first-order valence-corrected chi connectivity index (χ1v) is 12.5. The van der Waals surface area contributed by atoms with Crippen molar-refractivity contribution in [1.82, 2.24) is 4.98 Å². The molecule has 0 radical (unpaired) electrons. The number of carboxylic acids is 1. The number of pyridine rings is 1. The Bertz CT molecular complexity index is 955. The molecule has 0 fully saturated rings. The zero-order chi connectivity index (χ0) is 27.3. The summed E-state index contributed by atoms with van der Waals surface area (Å²) in [5, 5.41) is 9.09. The molecule has 0 spiro atoms. The number of hydrogen-bond acceptors (Lipinski definition) is 9. The molecule has 0 unspecified atom stereocenters. The number of aromatic nitrogens is 1. The van der Waals surface area contributed by atoms with Crippen LogP contribution in [0.1, 0.15) is 21.6 Å². The number of ether oxygens (including phenoxy) is 6. The molecule has 38 heavy (non-hydrogen) atoms. The molecule has 1 N–H and O–H groups in total. The second-order valence-corrected chi connectivity index (χ2v) is 7.95. The molecule has 1 aromatic heterocycles. The van der Waals surface area contributed by atoms with Gasteiger partial charge in [0, 0.05) is 50.3 Å². The fourth-order valence-corrected chi connectivity index (χ4v) is 3.17. The van der Waals surface area contributed by atoms with E-state index in [-0.39, 0.29) is 5.69 Å². The minimum Gasteiger partial charge on any atom is -0.477 e. The Morgan fingerprint density at radius 1 is 0.737 bits per heavy atom. The van der Waals surface area contributed by atoms with Gasteiger partial charge in [-0.1, -0.05) is 11.8 Å². The number of carboxylic acid groups (broad SMARTS) is 1. The minimum atomic E-state index is -1.08. The predicted octanol–water partition coefficient (Wildman–Crippen LogP) is 2.35. The standard InChI is InChI=1S/C28H38N2O8/c1-33-15-17-37-21-19-35-13-11-30(12-14-36-20-22-38-18-16-34-2)26-7-5-24(6-8-26)3-4-25-9-10-29-27(23-25)28(31)32/h5-10,23H,11-22H2,1-2H3,(H,31,32). The van der Waals surface area contributed by atoms with E-state index < -0.39 is 5.97 Å². The van der Waals surface area contributed by atoms with Crippen molar-refractivity contribution in [2.24, 2.45) is 0 Å². The second-order valence-electron chi connectivity index (χ2n) is 7.95. The van der Waals surface area contributed by atoms with Crippen LogP contribution in [0.25, 0.3) is 0 Å². The van der Waals surface area contributed by atoms with Crippen molar-refractivity contribution in [2.75, 3.05) is 98.3 Å². The van der Waals surface area contributed by atoms with Crippen LogP contribution in [0.3, 0.4) is 0 Å². The van der Waals surface area contributed by atoms with E-state index in [1.165, 1.54) is 12.3 Å². The highest BCUT2D eigenvalue weighted by molar-refractivity contribution is 5.85. The highest BCUT2D eigenvalue weighted by Gasteiger charge is 2.07. The third kappa shape index (κ3) is 13.5. The fourth-order valence-electron chi connectivity index (χ4n) is 3.17. The minimum absolute atomic E-state index is 0.0321. The highest BCUT2D eigenvalue weighted by atomic mass is 16.5. The van der Waals surface area contributed by atoms with Gasteiger partial charge in [-0.25, -0.2) is 9.78 Å². The van der Waals surface area contributed by atoms with Gasteiger partial charge in [-0.3, -0.25) is 0 Å². The van der Waals surface area contributed by atoms with Crippen molar-refractivity contribution in [1.29, 1.82) is 0 Å². The van der Waals surface area contributed by atoms with Crippen molar-refractivity contribution in [3.05, 3.63) is 59.4 Å². The van der Waals surface area contributed by atoms with Crippen molar-refractivity contribution >= 4 is 11.7 Å². The van der Waals surface area contributed by atoms with Gasteiger partial charge in [-0.2, -0.15) is 0 Å². The maximum absolute atomic E-state index is 11.1. The normalized spacial score (nSPS) is 10.7. The van der Waals surface area contributed by atoms with E-state index in [1.54, 1.807) is 20.3 Å². The van der Waals surface area contributed by atoms with Gasteiger partial charge in [0.05, 0.1) is 66.1 Å². The summed E-state index contributed by atoms with van der Waals surface area (Å²) in [5.41, 5.74) is 2.40. The summed E-state index contributed by atoms with van der Waals surface area (Å²) in [4.78, 5) is 17.1. The molecule has 0 saturated heterocycles. The summed E-state index contributed by atoms with van der Waals surface area (Å²) in [6.45, 7) is 6.77. The van der Waals surface area contributed by atoms with Crippen LogP contribution in [-0.2, 0) is 28.4 Å². The van der Waals surface area contributed by atoms with E-state index in [2.05, 4.69) is 21.7 Å². The topological polar surface area (TPSA) is 109 Å². The molecule has 10 nitrogen and oxygen atoms in total. The fraction of sp³-hybridized carbons (Fsp3) is 0.500. The van der Waals surface area contributed by atoms with Crippen molar-refractivity contribution in [3.8, 4) is 11.8 Å². The molecule has 0 aliphatic heterocycles. The Labute approximate surface area is 224 Å². The molecule has 2 rings (SSSR count). The average molecular weight is 531 g/mol. The maximum atomic E-state index is 11.1. The second kappa shape index (κ2) is 20.0. The molecule has 0 aliphatic carbocycles. The van der Waals surface area contributed by atoms with Crippen LogP contribution in [0.2, 0.25) is 0 Å². The third-order valence-corrected chi connectivity index (χ3v) is 5.18. The van der Waals surface area contributed by atoms with E-state index in [9.17, 15) is 4.79 Å². The van der Waals surface area contributed by atoms with E-state index in [4.69, 9.17) is 33.5 Å². The molecular weight excluding hydrogens is 492 g/mol. The number of nitrogens with zero attached hydrogens (tertiary/aromatic N) is 2. The largest absolute Gasteiger partial charge is 0.477 e. The summed E-state index contributed by atoms with van der Waals surface area (Å²) in [6, 6.07) is 11.0.